The molecule has 3 unspecified atom stereocenters. The van der Waals surface area contributed by atoms with Gasteiger partial charge in [-0.2, -0.15) is 0 Å². The molecule has 0 aromatic carbocycles. The lowest BCUT2D eigenvalue weighted by atomic mass is 9.99. The molecule has 0 aliphatic carbocycles. The molecule has 0 rings (SSSR count). The maximum Gasteiger partial charge on any atom is 0.472 e. The summed E-state index contributed by atoms with van der Waals surface area (Å²) in [5.41, 5.74) is 0. The molecule has 0 fully saturated rings. The Hall–Kier alpha value is -1.94. The van der Waals surface area contributed by atoms with E-state index in [2.05, 4.69) is 41.5 Å². The van der Waals surface area contributed by atoms with Gasteiger partial charge in [0.2, 0.25) is 0 Å². The second-order valence-corrected chi connectivity index (χ2v) is 31.7. The van der Waals surface area contributed by atoms with Crippen LogP contribution >= 0.6 is 15.6 Å². The minimum absolute atomic E-state index is 0.105. The van der Waals surface area contributed by atoms with E-state index in [4.69, 9.17) is 37.0 Å². The molecule has 3 N–H and O–H groups in total. The van der Waals surface area contributed by atoms with Crippen LogP contribution in [0.5, 0.6) is 0 Å². The van der Waals surface area contributed by atoms with Crippen LogP contribution in [0.25, 0.3) is 0 Å². The zero-order chi connectivity index (χ0) is 71.4. The van der Waals surface area contributed by atoms with Crippen molar-refractivity contribution in [3.05, 3.63) is 0 Å². The van der Waals surface area contributed by atoms with Gasteiger partial charge < -0.3 is 33.8 Å². The van der Waals surface area contributed by atoms with E-state index in [9.17, 15) is 43.2 Å². The van der Waals surface area contributed by atoms with Crippen molar-refractivity contribution >= 4 is 39.5 Å². The molecular formula is C78H152O17P2. The van der Waals surface area contributed by atoms with Crippen LogP contribution in [0.4, 0.5) is 0 Å². The van der Waals surface area contributed by atoms with Crippen molar-refractivity contribution in [2.75, 3.05) is 39.6 Å². The predicted octanol–water partition coefficient (Wildman–Crippen LogP) is 23.1. The molecule has 0 spiro atoms. The van der Waals surface area contributed by atoms with E-state index in [1.54, 1.807) is 0 Å². The van der Waals surface area contributed by atoms with E-state index in [-0.39, 0.29) is 25.7 Å². The maximum absolute atomic E-state index is 13.1. The normalized spacial score (nSPS) is 14.2. The fourth-order valence-electron chi connectivity index (χ4n) is 12.0. The molecule has 6 atom stereocenters. The van der Waals surface area contributed by atoms with Crippen molar-refractivity contribution in [1.82, 2.24) is 0 Å². The predicted molar refractivity (Wildman–Crippen MR) is 395 cm³/mol. The van der Waals surface area contributed by atoms with Gasteiger partial charge in [0.25, 0.3) is 0 Å². The molecule has 0 aliphatic heterocycles. The fourth-order valence-corrected chi connectivity index (χ4v) is 13.6. The zero-order valence-electron chi connectivity index (χ0n) is 63.4. The van der Waals surface area contributed by atoms with Crippen LogP contribution < -0.4 is 0 Å². The molecule has 0 saturated heterocycles. The van der Waals surface area contributed by atoms with Crippen LogP contribution in [0.1, 0.15) is 408 Å². The summed E-state index contributed by atoms with van der Waals surface area (Å²) in [7, 11) is -9.90. The number of carbonyl (C=O) groups is 4. The summed E-state index contributed by atoms with van der Waals surface area (Å²) in [5, 5.41) is 10.6. The van der Waals surface area contributed by atoms with Gasteiger partial charge in [0.05, 0.1) is 26.4 Å². The molecule has 19 heteroatoms. The van der Waals surface area contributed by atoms with Crippen LogP contribution in [-0.4, -0.2) is 96.7 Å². The Balaban J connectivity index is 5.11. The van der Waals surface area contributed by atoms with E-state index in [1.165, 1.54) is 218 Å². The number of hydrogen-bond donors (Lipinski definition) is 3. The van der Waals surface area contributed by atoms with Crippen LogP contribution in [0, 0.1) is 11.8 Å². The molecule has 0 amide bonds. The van der Waals surface area contributed by atoms with Crippen LogP contribution in [0.2, 0.25) is 0 Å². The first-order valence-electron chi connectivity index (χ1n) is 40.5. The van der Waals surface area contributed by atoms with E-state index in [1.807, 2.05) is 0 Å². The lowest BCUT2D eigenvalue weighted by molar-refractivity contribution is -0.161. The van der Waals surface area contributed by atoms with Gasteiger partial charge >= 0.3 is 39.5 Å². The molecule has 97 heavy (non-hydrogen) atoms. The molecule has 576 valence electrons. The summed E-state index contributed by atoms with van der Waals surface area (Å²) in [6.45, 7) is 9.54. The molecule has 17 nitrogen and oxygen atoms in total. The van der Waals surface area contributed by atoms with Gasteiger partial charge in [0.15, 0.2) is 12.2 Å². The third-order valence-corrected chi connectivity index (χ3v) is 20.5. The average Bonchev–Trinajstić information content (AvgIpc) is 3.79. The number of phosphoric ester groups is 2. The number of aliphatic hydroxyl groups excluding tert-OH is 1. The second kappa shape index (κ2) is 69.8. The highest BCUT2D eigenvalue weighted by molar-refractivity contribution is 7.47. The first-order valence-corrected chi connectivity index (χ1v) is 43.5. The fraction of sp³-hybridized carbons (Fsp3) is 0.949. The van der Waals surface area contributed by atoms with Crippen molar-refractivity contribution in [2.45, 2.75) is 426 Å². The Morgan fingerprint density at radius 2 is 0.526 bits per heavy atom. The van der Waals surface area contributed by atoms with Crippen LogP contribution in [-0.2, 0) is 65.4 Å². The quantitative estimate of drug-likeness (QED) is 0.0222. The third-order valence-electron chi connectivity index (χ3n) is 18.6. The lowest BCUT2D eigenvalue weighted by Gasteiger charge is -2.21. The average molecular weight is 1420 g/mol. The van der Waals surface area contributed by atoms with Gasteiger partial charge in [-0.1, -0.05) is 356 Å². The van der Waals surface area contributed by atoms with Gasteiger partial charge in [-0.15, -0.1) is 0 Å². The molecular weight excluding hydrogens is 1270 g/mol. The summed E-state index contributed by atoms with van der Waals surface area (Å²) < 4.78 is 68.3. The first-order chi connectivity index (χ1) is 46.9. The van der Waals surface area contributed by atoms with Gasteiger partial charge in [0.1, 0.15) is 19.3 Å². The number of esters is 4. The zero-order valence-corrected chi connectivity index (χ0v) is 65.2. The van der Waals surface area contributed by atoms with Crippen molar-refractivity contribution < 1.29 is 80.2 Å². The monoisotopic (exact) mass is 1420 g/mol. The van der Waals surface area contributed by atoms with Crippen molar-refractivity contribution in [3.63, 3.8) is 0 Å². The highest BCUT2D eigenvalue weighted by atomic mass is 31.2. The standard InChI is InChI=1S/C78H152O17P2/c1-7-10-12-14-15-16-17-18-19-20-21-22-23-24-25-26-31-34-39-44-50-56-62-77(82)95-74(67-89-76(81)61-55-49-43-38-33-30-28-27-29-32-37-42-48-53-59-71(6)9-3)69-93-97(86,87)91-65-72(79)64-90-96(84,85)92-68-73(66-88-75(80)60-54-46-13-11-8-2)94-78(83)63-57-51-45-40-35-36-41-47-52-58-70(4)5/h70-74,79H,7-69H2,1-6H3,(H,84,85)(H,86,87)/t71?,72-,73+,74+/m0/s1. The Morgan fingerprint density at radius 1 is 0.299 bits per heavy atom. The van der Waals surface area contributed by atoms with Crippen LogP contribution in [0.3, 0.4) is 0 Å². The molecule has 0 aromatic heterocycles. The second-order valence-electron chi connectivity index (χ2n) is 28.8. The smallest absolute Gasteiger partial charge is 0.462 e. The number of carbonyl (C=O) groups excluding carboxylic acids is 4. The van der Waals surface area contributed by atoms with E-state index in [0.29, 0.717) is 25.7 Å². The largest absolute Gasteiger partial charge is 0.472 e. The minimum atomic E-state index is -4.96. The number of unbranched alkanes of at least 4 members (excludes halogenated alkanes) is 46. The highest BCUT2D eigenvalue weighted by Crippen LogP contribution is 2.45. The van der Waals surface area contributed by atoms with E-state index >= 15 is 0 Å². The molecule has 0 aromatic rings. The van der Waals surface area contributed by atoms with Gasteiger partial charge in [-0.3, -0.25) is 37.3 Å². The maximum atomic E-state index is 13.1. The summed E-state index contributed by atoms with van der Waals surface area (Å²) in [4.78, 5) is 72.6. The molecule has 0 radical (unpaired) electrons. The lowest BCUT2D eigenvalue weighted by Crippen LogP contribution is -2.30. The number of hydrogen-bond acceptors (Lipinski definition) is 15. The molecule has 0 heterocycles. The number of aliphatic hydroxyl groups is 1. The Morgan fingerprint density at radius 3 is 0.784 bits per heavy atom. The SMILES string of the molecule is CCCCCCCCCCCCCCCCCCCCCCCCC(=O)O[C@H](COC(=O)CCCCCCCCCCCCCCCCC(C)CC)COP(=O)(O)OC[C@@H](O)COP(=O)(O)OC[C@@H](COC(=O)CCCCCCC)OC(=O)CCCCCCCCCCCC(C)C. The van der Waals surface area contributed by atoms with Gasteiger partial charge in [0, 0.05) is 25.7 Å². The van der Waals surface area contributed by atoms with E-state index in [0.717, 1.165) is 108 Å². The Kier molecular flexibility index (Phi) is 68.4. The molecule has 0 bridgehead atoms. The number of ether oxygens (including phenoxy) is 4. The summed E-state index contributed by atoms with van der Waals surface area (Å²) >= 11 is 0. The topological polar surface area (TPSA) is 237 Å². The van der Waals surface area contributed by atoms with Gasteiger partial charge in [-0.25, -0.2) is 9.13 Å². The summed E-state index contributed by atoms with van der Waals surface area (Å²) in [6, 6.07) is 0. The van der Waals surface area contributed by atoms with Gasteiger partial charge in [-0.05, 0) is 37.5 Å². The summed E-state index contributed by atoms with van der Waals surface area (Å²) in [6.07, 6.45) is 58.9. The Labute approximate surface area is 594 Å². The highest BCUT2D eigenvalue weighted by Gasteiger charge is 2.30. The van der Waals surface area contributed by atoms with Crippen LogP contribution in [0.15, 0.2) is 0 Å². The first kappa shape index (κ1) is 95.1. The third kappa shape index (κ3) is 70.9. The van der Waals surface area contributed by atoms with Crippen molar-refractivity contribution in [3.8, 4) is 0 Å². The van der Waals surface area contributed by atoms with Crippen molar-refractivity contribution in [2.24, 2.45) is 11.8 Å². The van der Waals surface area contributed by atoms with E-state index < -0.39 is 97.5 Å². The summed E-state index contributed by atoms with van der Waals surface area (Å²) in [5.74, 6) is -0.540. The van der Waals surface area contributed by atoms with Crippen molar-refractivity contribution in [1.29, 1.82) is 0 Å². The minimum Gasteiger partial charge on any atom is -0.462 e. The Bertz CT molecular complexity index is 1870. The number of rotatable bonds is 77. The number of phosphoric acid groups is 2. The molecule has 0 saturated carbocycles. The molecule has 0 aliphatic rings.